The van der Waals surface area contributed by atoms with Crippen LogP contribution in [0.4, 0.5) is 0 Å². The van der Waals surface area contributed by atoms with Gasteiger partial charge in [-0.3, -0.25) is 9.80 Å². The Bertz CT molecular complexity index is 1050. The third-order valence-corrected chi connectivity index (χ3v) is 6.08. The zero-order chi connectivity index (χ0) is 25.5. The fourth-order valence-corrected chi connectivity index (χ4v) is 3.89. The molecule has 0 bridgehead atoms. The van der Waals surface area contributed by atoms with Crippen LogP contribution >= 0.6 is 0 Å². The van der Waals surface area contributed by atoms with Gasteiger partial charge in [0.15, 0.2) is 0 Å². The standard InChI is InChI=1S/C28H38N6O/c1-7-25(33(3)4)31-27(29)21-13-9-19(10-14-21)23-17-24(35-18-23)20-11-15-22(16-12-20)28(30)32-26(8-2)34(5)6/h9-18,25-26H,7-8H2,1-6H3,(H2,29,31)(H2,30,32). The molecule has 0 aliphatic heterocycles. The molecule has 0 fully saturated rings. The van der Waals surface area contributed by atoms with Crippen LogP contribution in [-0.4, -0.2) is 62.0 Å². The molecule has 4 N–H and O–H groups in total. The molecule has 186 valence electrons. The Labute approximate surface area is 209 Å². The van der Waals surface area contributed by atoms with E-state index in [4.69, 9.17) is 15.9 Å². The smallest absolute Gasteiger partial charge is 0.134 e. The Morgan fingerprint density at radius 3 is 1.54 bits per heavy atom. The van der Waals surface area contributed by atoms with Crippen molar-refractivity contribution in [1.29, 1.82) is 0 Å². The number of nitrogens with two attached hydrogens (primary N) is 2. The first-order valence-corrected chi connectivity index (χ1v) is 12.0. The zero-order valence-corrected chi connectivity index (χ0v) is 21.7. The van der Waals surface area contributed by atoms with E-state index in [1.165, 1.54) is 0 Å². The van der Waals surface area contributed by atoms with Crippen LogP contribution in [0, 0.1) is 0 Å². The normalized spacial score (nSPS) is 14.5. The third kappa shape index (κ3) is 6.59. The second-order valence-corrected chi connectivity index (χ2v) is 9.09. The minimum absolute atomic E-state index is 0.0661. The zero-order valence-electron chi connectivity index (χ0n) is 21.7. The van der Waals surface area contributed by atoms with Crippen LogP contribution in [0.5, 0.6) is 0 Å². The lowest BCUT2D eigenvalue weighted by atomic mass is 10.0. The Morgan fingerprint density at radius 1 is 0.714 bits per heavy atom. The van der Waals surface area contributed by atoms with E-state index in [-0.39, 0.29) is 12.3 Å². The van der Waals surface area contributed by atoms with E-state index in [0.29, 0.717) is 11.7 Å². The highest BCUT2D eigenvalue weighted by Crippen LogP contribution is 2.29. The number of hydrogen-bond donors (Lipinski definition) is 2. The van der Waals surface area contributed by atoms with Gasteiger partial charge < -0.3 is 15.9 Å². The van der Waals surface area contributed by atoms with E-state index in [1.807, 2.05) is 82.8 Å². The highest BCUT2D eigenvalue weighted by atomic mass is 16.3. The summed E-state index contributed by atoms with van der Waals surface area (Å²) in [7, 11) is 8.03. The van der Waals surface area contributed by atoms with Crippen molar-refractivity contribution in [3.05, 3.63) is 72.0 Å². The maximum Gasteiger partial charge on any atom is 0.134 e. The van der Waals surface area contributed by atoms with Crippen LogP contribution in [0.2, 0.25) is 0 Å². The number of aliphatic imine (C=N–C) groups is 2. The molecule has 0 aliphatic carbocycles. The molecule has 0 saturated carbocycles. The van der Waals surface area contributed by atoms with Gasteiger partial charge >= 0.3 is 0 Å². The van der Waals surface area contributed by atoms with E-state index in [9.17, 15) is 0 Å². The van der Waals surface area contributed by atoms with Crippen molar-refractivity contribution in [1.82, 2.24) is 9.80 Å². The van der Waals surface area contributed by atoms with Crippen molar-refractivity contribution in [2.24, 2.45) is 21.5 Å². The fourth-order valence-electron chi connectivity index (χ4n) is 3.89. The van der Waals surface area contributed by atoms with Crippen molar-refractivity contribution in [2.75, 3.05) is 28.2 Å². The van der Waals surface area contributed by atoms with Gasteiger partial charge in [0.05, 0.1) is 6.26 Å². The van der Waals surface area contributed by atoms with Gasteiger partial charge in [-0.15, -0.1) is 0 Å². The quantitative estimate of drug-likeness (QED) is 0.330. The summed E-state index contributed by atoms with van der Waals surface area (Å²) in [6.45, 7) is 4.20. The molecule has 0 amide bonds. The summed E-state index contributed by atoms with van der Waals surface area (Å²) in [5.74, 6) is 1.88. The van der Waals surface area contributed by atoms with Gasteiger partial charge in [0.2, 0.25) is 0 Å². The van der Waals surface area contributed by atoms with Gasteiger partial charge in [0.1, 0.15) is 29.8 Å². The van der Waals surface area contributed by atoms with E-state index in [0.717, 1.165) is 46.4 Å². The Hall–Kier alpha value is -3.42. The van der Waals surface area contributed by atoms with Crippen molar-refractivity contribution in [2.45, 2.75) is 39.0 Å². The molecule has 3 rings (SSSR count). The van der Waals surface area contributed by atoms with Gasteiger partial charge in [-0.2, -0.15) is 0 Å². The average Bonchev–Trinajstić information content (AvgIpc) is 3.35. The van der Waals surface area contributed by atoms with Crippen LogP contribution in [0.15, 0.2) is 75.3 Å². The van der Waals surface area contributed by atoms with Gasteiger partial charge in [-0.25, -0.2) is 9.98 Å². The molecule has 0 radical (unpaired) electrons. The first-order chi connectivity index (χ1) is 16.7. The van der Waals surface area contributed by atoms with Crippen LogP contribution in [0.1, 0.15) is 37.8 Å². The second-order valence-electron chi connectivity index (χ2n) is 9.09. The molecular weight excluding hydrogens is 436 g/mol. The first-order valence-electron chi connectivity index (χ1n) is 12.0. The number of furan rings is 1. The molecule has 7 nitrogen and oxygen atoms in total. The Morgan fingerprint density at radius 2 is 1.14 bits per heavy atom. The topological polar surface area (TPSA) is 96.4 Å². The minimum Gasteiger partial charge on any atom is -0.464 e. The minimum atomic E-state index is 0.0661. The lowest BCUT2D eigenvalue weighted by Gasteiger charge is -2.19. The molecule has 2 aromatic carbocycles. The number of hydrogen-bond acceptors (Lipinski definition) is 5. The van der Waals surface area contributed by atoms with Crippen LogP contribution in [-0.2, 0) is 0 Å². The maximum absolute atomic E-state index is 6.25. The summed E-state index contributed by atoms with van der Waals surface area (Å²) in [6.07, 6.45) is 3.71. The average molecular weight is 475 g/mol. The van der Waals surface area contributed by atoms with Gasteiger partial charge in [-0.05, 0) is 52.7 Å². The number of rotatable bonds is 10. The molecule has 0 aliphatic rings. The van der Waals surface area contributed by atoms with Gasteiger partial charge in [-0.1, -0.05) is 62.4 Å². The van der Waals surface area contributed by atoms with E-state index < -0.39 is 0 Å². The van der Waals surface area contributed by atoms with E-state index in [2.05, 4.69) is 33.6 Å². The van der Waals surface area contributed by atoms with Crippen molar-refractivity contribution in [3.8, 4) is 22.5 Å². The van der Waals surface area contributed by atoms with Gasteiger partial charge in [0.25, 0.3) is 0 Å². The van der Waals surface area contributed by atoms with Crippen LogP contribution in [0.3, 0.4) is 0 Å². The Kier molecular flexibility index (Phi) is 8.84. The molecule has 1 aromatic heterocycles. The molecule has 3 aromatic rings. The number of benzene rings is 2. The summed E-state index contributed by atoms with van der Waals surface area (Å²) in [4.78, 5) is 13.4. The highest BCUT2D eigenvalue weighted by molar-refractivity contribution is 5.98. The molecule has 0 saturated heterocycles. The van der Waals surface area contributed by atoms with Crippen LogP contribution < -0.4 is 11.5 Å². The summed E-state index contributed by atoms with van der Waals surface area (Å²) in [5, 5.41) is 0. The SMILES string of the molecule is CCC(/N=C(\N)c1ccc(-c2coc(-c3ccc(/C(N)=N/C(CC)N(C)C)cc3)c2)cc1)N(C)C. The molecule has 2 atom stereocenters. The van der Waals surface area contributed by atoms with E-state index in [1.54, 1.807) is 6.26 Å². The lowest BCUT2D eigenvalue weighted by Crippen LogP contribution is -2.28. The summed E-state index contributed by atoms with van der Waals surface area (Å²) in [5.41, 5.74) is 17.3. The Balaban J connectivity index is 1.75. The maximum atomic E-state index is 6.25. The van der Waals surface area contributed by atoms with Crippen molar-refractivity contribution < 1.29 is 4.42 Å². The molecule has 2 unspecified atom stereocenters. The second kappa shape index (κ2) is 11.8. The predicted octanol–water partition coefficient (Wildman–Crippen LogP) is 4.62. The predicted molar refractivity (Wildman–Crippen MR) is 147 cm³/mol. The van der Waals surface area contributed by atoms with Crippen molar-refractivity contribution >= 4 is 11.7 Å². The molecule has 7 heteroatoms. The summed E-state index contributed by atoms with van der Waals surface area (Å²) >= 11 is 0. The van der Waals surface area contributed by atoms with Crippen LogP contribution in [0.25, 0.3) is 22.5 Å². The molecule has 1 heterocycles. The third-order valence-electron chi connectivity index (χ3n) is 6.08. The monoisotopic (exact) mass is 474 g/mol. The number of nitrogens with zero attached hydrogens (tertiary/aromatic N) is 4. The highest BCUT2D eigenvalue weighted by Gasteiger charge is 2.12. The summed E-state index contributed by atoms with van der Waals surface area (Å²) in [6, 6.07) is 18.1. The fraction of sp³-hybridized carbons (Fsp3) is 0.357. The number of amidine groups is 2. The largest absolute Gasteiger partial charge is 0.464 e. The molecule has 35 heavy (non-hydrogen) atoms. The first kappa shape index (κ1) is 26.2. The molecule has 0 spiro atoms. The summed E-state index contributed by atoms with van der Waals surface area (Å²) < 4.78 is 5.87. The van der Waals surface area contributed by atoms with E-state index >= 15 is 0 Å². The molecular formula is C28H38N6O. The van der Waals surface area contributed by atoms with Crippen molar-refractivity contribution in [3.63, 3.8) is 0 Å². The lowest BCUT2D eigenvalue weighted by molar-refractivity contribution is 0.295. The van der Waals surface area contributed by atoms with Gasteiger partial charge in [0, 0.05) is 22.3 Å².